The highest BCUT2D eigenvalue weighted by atomic mass is 32.2. The molecule has 3 nitrogen and oxygen atoms in total. The number of aryl methyl sites for hydroxylation is 1. The number of fused-ring (bicyclic) bond motifs is 1. The molecular formula is C19H17F3N2OS. The number of nitrogens with zero attached hydrogens (tertiary/aromatic N) is 1. The first-order valence-electron chi connectivity index (χ1n) is 7.89. The van der Waals surface area contributed by atoms with E-state index in [1.165, 1.54) is 6.07 Å². The Morgan fingerprint density at radius 3 is 2.62 bits per heavy atom. The highest BCUT2D eigenvalue weighted by molar-refractivity contribution is 8.00. The first-order valence-corrected chi connectivity index (χ1v) is 8.71. The lowest BCUT2D eigenvalue weighted by atomic mass is 10.1. The number of anilines is 1. The summed E-state index contributed by atoms with van der Waals surface area (Å²) < 4.78 is 43.6. The van der Waals surface area contributed by atoms with Gasteiger partial charge in [-0.2, -0.15) is 13.2 Å². The van der Waals surface area contributed by atoms with E-state index < -0.39 is 5.51 Å². The summed E-state index contributed by atoms with van der Waals surface area (Å²) in [5.74, 6) is 0.655. The van der Waals surface area contributed by atoms with Crippen LogP contribution in [0.4, 0.5) is 18.9 Å². The first kappa shape index (κ1) is 18.4. The number of rotatable bonds is 5. The van der Waals surface area contributed by atoms with Crippen molar-refractivity contribution in [1.82, 2.24) is 4.98 Å². The Morgan fingerprint density at radius 1 is 1.12 bits per heavy atom. The third-order valence-electron chi connectivity index (χ3n) is 3.82. The van der Waals surface area contributed by atoms with Crippen LogP contribution in [0.3, 0.4) is 0 Å². The topological polar surface area (TPSA) is 34.1 Å². The van der Waals surface area contributed by atoms with Gasteiger partial charge in [0, 0.05) is 28.2 Å². The van der Waals surface area contributed by atoms with Gasteiger partial charge in [-0.1, -0.05) is 30.3 Å². The molecule has 3 aromatic rings. The number of nitrogens with one attached hydrogen (secondary N) is 1. The maximum atomic E-state index is 12.7. The zero-order valence-corrected chi connectivity index (χ0v) is 15.0. The smallest absolute Gasteiger partial charge is 0.446 e. The summed E-state index contributed by atoms with van der Waals surface area (Å²) >= 11 is -0.0970. The van der Waals surface area contributed by atoms with Crippen LogP contribution < -0.4 is 10.1 Å². The Balaban J connectivity index is 1.92. The quantitative estimate of drug-likeness (QED) is 0.571. The molecule has 2 aromatic carbocycles. The molecule has 0 saturated heterocycles. The molecule has 1 aromatic heterocycles. The maximum absolute atomic E-state index is 12.7. The van der Waals surface area contributed by atoms with E-state index in [9.17, 15) is 13.2 Å². The Bertz CT molecular complexity index is 928. The van der Waals surface area contributed by atoms with E-state index in [1.807, 2.05) is 31.2 Å². The fraction of sp³-hybridized carbons (Fsp3) is 0.211. The SMILES string of the molecule is COc1cccc2c(NCc3ccccc3SC(F)(F)F)cc(C)nc12. The van der Waals surface area contributed by atoms with Crippen LogP contribution in [0.2, 0.25) is 0 Å². The minimum Gasteiger partial charge on any atom is -0.494 e. The third kappa shape index (κ3) is 4.22. The van der Waals surface area contributed by atoms with Crippen molar-refractivity contribution in [3.05, 3.63) is 59.8 Å². The molecule has 7 heteroatoms. The van der Waals surface area contributed by atoms with Crippen molar-refractivity contribution < 1.29 is 17.9 Å². The molecule has 0 radical (unpaired) electrons. The van der Waals surface area contributed by atoms with Crippen molar-refractivity contribution in [2.45, 2.75) is 23.9 Å². The van der Waals surface area contributed by atoms with Crippen LogP contribution in [0.15, 0.2) is 53.4 Å². The maximum Gasteiger partial charge on any atom is 0.446 e. The zero-order valence-electron chi connectivity index (χ0n) is 14.2. The Morgan fingerprint density at radius 2 is 1.88 bits per heavy atom. The molecule has 0 amide bonds. The summed E-state index contributed by atoms with van der Waals surface area (Å²) in [6.45, 7) is 2.14. The number of benzene rings is 2. The number of aromatic nitrogens is 1. The summed E-state index contributed by atoms with van der Waals surface area (Å²) in [7, 11) is 1.58. The van der Waals surface area contributed by atoms with E-state index in [0.29, 0.717) is 11.3 Å². The Kier molecular flexibility index (Phi) is 5.27. The summed E-state index contributed by atoms with van der Waals surface area (Å²) in [4.78, 5) is 4.70. The van der Waals surface area contributed by atoms with Crippen LogP contribution in [0.5, 0.6) is 5.75 Å². The van der Waals surface area contributed by atoms with Gasteiger partial charge in [-0.05, 0) is 42.4 Å². The molecule has 0 aliphatic heterocycles. The van der Waals surface area contributed by atoms with Crippen molar-refractivity contribution >= 4 is 28.4 Å². The standard InChI is InChI=1S/C19H17F3N2OS/c1-12-10-15(14-7-5-8-16(25-2)18(14)24-12)23-11-13-6-3-4-9-17(13)26-19(20,21)22/h3-10H,11H2,1-2H3,(H,23,24). The molecular weight excluding hydrogens is 361 g/mol. The van der Waals surface area contributed by atoms with Gasteiger partial charge in [0.05, 0.1) is 7.11 Å². The highest BCUT2D eigenvalue weighted by Crippen LogP contribution is 2.39. The van der Waals surface area contributed by atoms with E-state index in [0.717, 1.165) is 22.3 Å². The molecule has 136 valence electrons. The van der Waals surface area contributed by atoms with E-state index >= 15 is 0 Å². The van der Waals surface area contributed by atoms with Gasteiger partial charge in [-0.15, -0.1) is 0 Å². The summed E-state index contributed by atoms with van der Waals surface area (Å²) in [5.41, 5.74) is -1.42. The molecule has 0 unspecified atom stereocenters. The fourth-order valence-corrected chi connectivity index (χ4v) is 3.39. The number of para-hydroxylation sites is 1. The average molecular weight is 378 g/mol. The minimum absolute atomic E-state index is 0.0970. The molecule has 0 bridgehead atoms. The third-order valence-corrected chi connectivity index (χ3v) is 4.67. The van der Waals surface area contributed by atoms with E-state index in [2.05, 4.69) is 10.3 Å². The predicted molar refractivity (Wildman–Crippen MR) is 98.7 cm³/mol. The number of ether oxygens (including phenoxy) is 1. The van der Waals surface area contributed by atoms with Gasteiger partial charge in [0.1, 0.15) is 11.3 Å². The molecule has 3 rings (SSSR count). The van der Waals surface area contributed by atoms with Crippen molar-refractivity contribution in [1.29, 1.82) is 0 Å². The highest BCUT2D eigenvalue weighted by Gasteiger charge is 2.30. The molecule has 1 N–H and O–H groups in total. The van der Waals surface area contributed by atoms with E-state index in [-0.39, 0.29) is 23.2 Å². The van der Waals surface area contributed by atoms with Crippen LogP contribution in [-0.4, -0.2) is 17.6 Å². The number of halogens is 3. The Labute approximate surface area is 153 Å². The second-order valence-corrected chi connectivity index (χ2v) is 6.78. The van der Waals surface area contributed by atoms with Crippen LogP contribution in [0, 0.1) is 6.92 Å². The minimum atomic E-state index is -4.32. The molecule has 1 heterocycles. The summed E-state index contributed by atoms with van der Waals surface area (Å²) in [6.07, 6.45) is 0. The lowest BCUT2D eigenvalue weighted by Gasteiger charge is -2.15. The lowest BCUT2D eigenvalue weighted by Crippen LogP contribution is -2.05. The number of alkyl halides is 3. The number of hydrogen-bond donors (Lipinski definition) is 1. The molecule has 0 spiro atoms. The monoisotopic (exact) mass is 378 g/mol. The van der Waals surface area contributed by atoms with Gasteiger partial charge in [0.2, 0.25) is 0 Å². The predicted octanol–water partition coefficient (Wildman–Crippen LogP) is 5.78. The molecule has 0 saturated carbocycles. The van der Waals surface area contributed by atoms with E-state index in [4.69, 9.17) is 4.74 Å². The van der Waals surface area contributed by atoms with Gasteiger partial charge in [-0.25, -0.2) is 4.98 Å². The second kappa shape index (κ2) is 7.45. The van der Waals surface area contributed by atoms with Crippen LogP contribution in [0.25, 0.3) is 10.9 Å². The van der Waals surface area contributed by atoms with Gasteiger partial charge in [0.25, 0.3) is 0 Å². The number of thioether (sulfide) groups is 1. The summed E-state index contributed by atoms with van der Waals surface area (Å²) in [6, 6.07) is 14.0. The molecule has 0 atom stereocenters. The van der Waals surface area contributed by atoms with Crippen LogP contribution in [0.1, 0.15) is 11.3 Å². The first-order chi connectivity index (χ1) is 12.4. The zero-order chi connectivity index (χ0) is 18.7. The second-order valence-electron chi connectivity index (χ2n) is 5.68. The average Bonchev–Trinajstić information content (AvgIpc) is 2.59. The van der Waals surface area contributed by atoms with Gasteiger partial charge >= 0.3 is 5.51 Å². The molecule has 26 heavy (non-hydrogen) atoms. The molecule has 0 aliphatic rings. The van der Waals surface area contributed by atoms with Crippen LogP contribution in [-0.2, 0) is 6.54 Å². The van der Waals surface area contributed by atoms with Crippen molar-refractivity contribution in [3.8, 4) is 5.75 Å². The lowest BCUT2D eigenvalue weighted by molar-refractivity contribution is -0.0328. The number of hydrogen-bond acceptors (Lipinski definition) is 4. The van der Waals surface area contributed by atoms with Gasteiger partial charge in [0.15, 0.2) is 0 Å². The van der Waals surface area contributed by atoms with Crippen molar-refractivity contribution in [2.75, 3.05) is 12.4 Å². The van der Waals surface area contributed by atoms with Gasteiger partial charge in [-0.3, -0.25) is 0 Å². The number of pyridine rings is 1. The van der Waals surface area contributed by atoms with Gasteiger partial charge < -0.3 is 10.1 Å². The largest absolute Gasteiger partial charge is 0.494 e. The normalized spacial score (nSPS) is 11.6. The van der Waals surface area contributed by atoms with E-state index in [1.54, 1.807) is 25.3 Å². The van der Waals surface area contributed by atoms with Crippen molar-refractivity contribution in [2.24, 2.45) is 0 Å². The fourth-order valence-electron chi connectivity index (χ4n) is 2.73. The van der Waals surface area contributed by atoms with Crippen LogP contribution >= 0.6 is 11.8 Å². The van der Waals surface area contributed by atoms with Crippen molar-refractivity contribution in [3.63, 3.8) is 0 Å². The number of methoxy groups -OCH3 is 1. The molecule has 0 aliphatic carbocycles. The molecule has 0 fully saturated rings. The Hall–Kier alpha value is -2.41. The summed E-state index contributed by atoms with van der Waals surface area (Å²) in [5, 5.41) is 4.10.